The maximum atomic E-state index is 13.0. The minimum absolute atomic E-state index is 0.266. The van der Waals surface area contributed by atoms with Crippen LogP contribution in [0.1, 0.15) is 66.0 Å². The van der Waals surface area contributed by atoms with Crippen LogP contribution in [-0.2, 0) is 24.3 Å². The summed E-state index contributed by atoms with van der Waals surface area (Å²) in [5, 5.41) is 0. The second kappa shape index (κ2) is 7.14. The Bertz CT molecular complexity index is 872. The van der Waals surface area contributed by atoms with Gasteiger partial charge in [-0.2, -0.15) is 0 Å². The molecule has 27 heavy (non-hydrogen) atoms. The lowest BCUT2D eigenvalue weighted by molar-refractivity contribution is -0.135. The fraction of sp³-hybridized carbons (Fsp3) is 0.480. The van der Waals surface area contributed by atoms with Gasteiger partial charge in [-0.25, -0.2) is 0 Å². The summed E-state index contributed by atoms with van der Waals surface area (Å²) in [6.07, 6.45) is 5.62. The van der Waals surface area contributed by atoms with E-state index in [0.717, 1.165) is 32.4 Å². The van der Waals surface area contributed by atoms with Crippen LogP contribution in [0, 0.1) is 26.7 Å². The Morgan fingerprint density at radius 3 is 2.15 bits per heavy atom. The molecule has 2 aromatic rings. The molecule has 2 aromatic carbocycles. The first-order chi connectivity index (χ1) is 13.0. The van der Waals surface area contributed by atoms with Crippen LogP contribution in [0.4, 0.5) is 0 Å². The lowest BCUT2D eigenvalue weighted by atomic mass is 9.84. The first kappa shape index (κ1) is 18.3. The third-order valence-corrected chi connectivity index (χ3v) is 6.81. The van der Waals surface area contributed by atoms with Crippen molar-refractivity contribution < 1.29 is 4.79 Å². The summed E-state index contributed by atoms with van der Waals surface area (Å²) in [6.45, 7) is 10.5. The van der Waals surface area contributed by atoms with E-state index >= 15 is 0 Å². The van der Waals surface area contributed by atoms with Gasteiger partial charge in [0.25, 0.3) is 0 Å². The largest absolute Gasteiger partial charge is 0.334 e. The summed E-state index contributed by atoms with van der Waals surface area (Å²) < 4.78 is 0. The minimum atomic E-state index is 0.266. The molecule has 1 saturated carbocycles. The van der Waals surface area contributed by atoms with Crippen molar-refractivity contribution >= 4 is 5.91 Å². The summed E-state index contributed by atoms with van der Waals surface area (Å²) in [4.78, 5) is 15.1. The first-order valence-corrected chi connectivity index (χ1v) is 10.5. The van der Waals surface area contributed by atoms with Gasteiger partial charge in [0.2, 0.25) is 5.91 Å². The molecule has 1 fully saturated rings. The molecular formula is C25H31NO. The molecule has 0 saturated heterocycles. The van der Waals surface area contributed by atoms with E-state index in [1.54, 1.807) is 0 Å². The summed E-state index contributed by atoms with van der Waals surface area (Å²) in [5.41, 5.74) is 11.0. The number of hydrogen-bond donors (Lipinski definition) is 0. The zero-order valence-electron chi connectivity index (χ0n) is 17.2. The molecule has 1 amide bonds. The number of hydrogen-bond acceptors (Lipinski definition) is 1. The Morgan fingerprint density at radius 1 is 0.963 bits per heavy atom. The minimum Gasteiger partial charge on any atom is -0.334 e. The van der Waals surface area contributed by atoms with Gasteiger partial charge in [-0.05, 0) is 79.0 Å². The van der Waals surface area contributed by atoms with Crippen molar-refractivity contribution in [2.45, 2.75) is 72.9 Å². The Labute approximate surface area is 163 Å². The van der Waals surface area contributed by atoms with E-state index in [9.17, 15) is 4.79 Å². The van der Waals surface area contributed by atoms with E-state index in [-0.39, 0.29) is 5.92 Å². The molecule has 2 aliphatic rings. The molecule has 4 rings (SSSR count). The van der Waals surface area contributed by atoms with Gasteiger partial charge < -0.3 is 4.90 Å². The molecule has 2 heteroatoms. The van der Waals surface area contributed by atoms with Gasteiger partial charge >= 0.3 is 0 Å². The Balaban J connectivity index is 1.76. The fourth-order valence-electron chi connectivity index (χ4n) is 5.20. The third-order valence-electron chi connectivity index (χ3n) is 6.81. The number of fused-ring (bicyclic) bond motifs is 1. The second-order valence-electron chi connectivity index (χ2n) is 8.46. The average molecular weight is 362 g/mol. The molecule has 0 spiro atoms. The van der Waals surface area contributed by atoms with Gasteiger partial charge in [-0.3, -0.25) is 4.79 Å². The summed E-state index contributed by atoms with van der Waals surface area (Å²) >= 11 is 0. The van der Waals surface area contributed by atoms with Crippen molar-refractivity contribution in [2.75, 3.05) is 0 Å². The maximum Gasteiger partial charge on any atom is 0.226 e. The Kier molecular flexibility index (Phi) is 4.84. The normalized spacial score (nSPS) is 16.8. The lowest BCUT2D eigenvalue weighted by Gasteiger charge is -2.20. The number of amides is 1. The summed E-state index contributed by atoms with van der Waals surface area (Å²) in [7, 11) is 0. The Morgan fingerprint density at radius 2 is 1.56 bits per heavy atom. The van der Waals surface area contributed by atoms with E-state index in [1.807, 2.05) is 0 Å². The highest BCUT2D eigenvalue weighted by molar-refractivity contribution is 5.81. The number of benzene rings is 2. The highest BCUT2D eigenvalue weighted by Crippen LogP contribution is 2.40. The van der Waals surface area contributed by atoms with Crippen LogP contribution < -0.4 is 0 Å². The van der Waals surface area contributed by atoms with Crippen LogP contribution in [0.2, 0.25) is 0 Å². The van der Waals surface area contributed by atoms with E-state index in [4.69, 9.17) is 0 Å². The molecule has 142 valence electrons. The van der Waals surface area contributed by atoms with Crippen LogP contribution >= 0.6 is 0 Å². The maximum absolute atomic E-state index is 13.0. The van der Waals surface area contributed by atoms with Crippen LogP contribution in [-0.4, -0.2) is 10.8 Å². The van der Waals surface area contributed by atoms with Crippen molar-refractivity contribution in [1.29, 1.82) is 0 Å². The number of rotatable bonds is 3. The summed E-state index contributed by atoms with van der Waals surface area (Å²) in [5.74, 6) is 0.652. The van der Waals surface area contributed by atoms with Gasteiger partial charge in [0.1, 0.15) is 0 Å². The van der Waals surface area contributed by atoms with E-state index in [1.165, 1.54) is 57.3 Å². The first-order valence-electron chi connectivity index (χ1n) is 10.5. The van der Waals surface area contributed by atoms with Gasteiger partial charge in [0, 0.05) is 19.0 Å². The molecule has 1 heterocycles. The highest BCUT2D eigenvalue weighted by Gasteiger charge is 2.33. The van der Waals surface area contributed by atoms with Crippen molar-refractivity contribution in [3.8, 4) is 11.1 Å². The van der Waals surface area contributed by atoms with Gasteiger partial charge in [-0.1, -0.05) is 49.6 Å². The molecule has 0 bridgehead atoms. The third kappa shape index (κ3) is 3.09. The molecule has 0 radical (unpaired) electrons. The lowest BCUT2D eigenvalue weighted by Crippen LogP contribution is -2.30. The van der Waals surface area contributed by atoms with Crippen molar-refractivity contribution in [1.82, 2.24) is 4.90 Å². The van der Waals surface area contributed by atoms with Gasteiger partial charge in [0.05, 0.1) is 0 Å². The van der Waals surface area contributed by atoms with E-state index in [2.05, 4.69) is 56.9 Å². The highest BCUT2D eigenvalue weighted by atomic mass is 16.2. The monoisotopic (exact) mass is 361 g/mol. The zero-order chi connectivity index (χ0) is 19.1. The van der Waals surface area contributed by atoms with E-state index in [0.29, 0.717) is 5.91 Å². The smallest absolute Gasteiger partial charge is 0.226 e. The standard InChI is InChI=1S/C25H31NO/c1-5-21-17(3)22-14-26(25(27)20-8-6-7-9-20)15-23(22)18(4)24(21)19-12-10-16(2)11-13-19/h10-13,20H,5-9,14-15H2,1-4H3. The predicted molar refractivity (Wildman–Crippen MR) is 112 cm³/mol. The average Bonchev–Trinajstić information content (AvgIpc) is 3.35. The van der Waals surface area contributed by atoms with E-state index < -0.39 is 0 Å². The fourth-order valence-corrected chi connectivity index (χ4v) is 5.20. The molecule has 2 nitrogen and oxygen atoms in total. The molecule has 0 aromatic heterocycles. The van der Waals surface area contributed by atoms with Crippen molar-refractivity contribution in [3.05, 3.63) is 57.6 Å². The molecule has 0 unspecified atom stereocenters. The molecule has 1 aliphatic carbocycles. The van der Waals surface area contributed by atoms with Gasteiger partial charge in [0.15, 0.2) is 0 Å². The number of carbonyl (C=O) groups is 1. The van der Waals surface area contributed by atoms with Crippen LogP contribution in [0.15, 0.2) is 24.3 Å². The predicted octanol–water partition coefficient (Wildman–Crippen LogP) is 5.87. The molecule has 0 N–H and O–H groups in total. The zero-order valence-corrected chi connectivity index (χ0v) is 17.2. The van der Waals surface area contributed by atoms with Crippen LogP contribution in [0.5, 0.6) is 0 Å². The molecule has 1 aliphatic heterocycles. The topological polar surface area (TPSA) is 20.3 Å². The SMILES string of the molecule is CCc1c(C)c2c(c(C)c1-c1ccc(C)cc1)CN(C(=O)C1CCCC1)C2. The quantitative estimate of drug-likeness (QED) is 0.669. The van der Waals surface area contributed by atoms with Crippen LogP contribution in [0.25, 0.3) is 11.1 Å². The second-order valence-corrected chi connectivity index (χ2v) is 8.46. The molecular weight excluding hydrogens is 330 g/mol. The van der Waals surface area contributed by atoms with Crippen molar-refractivity contribution in [3.63, 3.8) is 0 Å². The van der Waals surface area contributed by atoms with Gasteiger partial charge in [-0.15, -0.1) is 0 Å². The number of carbonyl (C=O) groups excluding carboxylic acids is 1. The number of nitrogens with zero attached hydrogens (tertiary/aromatic N) is 1. The van der Waals surface area contributed by atoms with Crippen molar-refractivity contribution in [2.24, 2.45) is 5.92 Å². The Hall–Kier alpha value is -2.09. The van der Waals surface area contributed by atoms with Crippen LogP contribution in [0.3, 0.4) is 0 Å². The number of aryl methyl sites for hydroxylation is 1. The summed E-state index contributed by atoms with van der Waals surface area (Å²) in [6, 6.07) is 8.90. The molecule has 0 atom stereocenters.